The van der Waals surface area contributed by atoms with E-state index in [0.717, 1.165) is 38.7 Å². The zero-order chi connectivity index (χ0) is 25.4. The zero-order valence-electron chi connectivity index (χ0n) is 20.7. The van der Waals surface area contributed by atoms with Crippen LogP contribution < -0.4 is 15.0 Å². The third-order valence-electron chi connectivity index (χ3n) is 6.85. The zero-order valence-corrected chi connectivity index (χ0v) is 21.6. The number of amides is 2. The summed E-state index contributed by atoms with van der Waals surface area (Å²) in [5.41, 5.74) is 3.71. The number of aromatic nitrogens is 2. The van der Waals surface area contributed by atoms with Crippen molar-refractivity contribution in [1.29, 1.82) is 0 Å². The minimum atomic E-state index is -1.19. The van der Waals surface area contributed by atoms with Crippen LogP contribution in [0.15, 0.2) is 66.0 Å². The molecule has 2 aromatic carbocycles. The summed E-state index contributed by atoms with van der Waals surface area (Å²) in [4.78, 5) is 30.4. The Morgan fingerprint density at radius 1 is 1.14 bits per heavy atom. The van der Waals surface area contributed by atoms with E-state index in [1.54, 1.807) is 28.0 Å². The van der Waals surface area contributed by atoms with Crippen molar-refractivity contribution in [2.75, 3.05) is 12.0 Å². The second-order valence-corrected chi connectivity index (χ2v) is 10.2. The van der Waals surface area contributed by atoms with Crippen molar-refractivity contribution in [3.8, 4) is 16.3 Å². The fraction of sp³-hybridized carbons (Fsp3) is 0.250. The molecule has 2 amide bonds. The summed E-state index contributed by atoms with van der Waals surface area (Å²) in [5, 5.41) is 9.75. The van der Waals surface area contributed by atoms with Gasteiger partial charge in [0.2, 0.25) is 5.91 Å². The maximum Gasteiger partial charge on any atom is 0.277 e. The minimum absolute atomic E-state index is 0.237. The Balaban J connectivity index is 1.53. The van der Waals surface area contributed by atoms with Gasteiger partial charge in [-0.3, -0.25) is 19.2 Å². The molecule has 0 bridgehead atoms. The van der Waals surface area contributed by atoms with Crippen LogP contribution in [0.4, 0.5) is 5.69 Å². The van der Waals surface area contributed by atoms with Crippen LogP contribution in [0.3, 0.4) is 0 Å². The number of rotatable bonds is 6. The summed E-state index contributed by atoms with van der Waals surface area (Å²) in [6, 6.07) is 19.1. The molecule has 5 rings (SSSR count). The number of benzene rings is 2. The summed E-state index contributed by atoms with van der Waals surface area (Å²) in [5.74, 6) is 0.266. The molecular formula is C28H28N4O3S. The van der Waals surface area contributed by atoms with Gasteiger partial charge in [-0.15, -0.1) is 11.3 Å². The van der Waals surface area contributed by atoms with Crippen LogP contribution in [-0.2, 0) is 17.9 Å². The van der Waals surface area contributed by atoms with Gasteiger partial charge in [-0.05, 0) is 73.2 Å². The summed E-state index contributed by atoms with van der Waals surface area (Å²) in [6.45, 7) is 6.37. The number of nitrogens with zero attached hydrogens (tertiary/aromatic N) is 3. The number of nitrogens with one attached hydrogen (secondary N) is 1. The van der Waals surface area contributed by atoms with Crippen molar-refractivity contribution in [2.24, 2.45) is 0 Å². The van der Waals surface area contributed by atoms with Crippen LogP contribution in [0.25, 0.3) is 10.6 Å². The highest BCUT2D eigenvalue weighted by molar-refractivity contribution is 7.13. The fourth-order valence-electron chi connectivity index (χ4n) is 4.60. The first-order valence-electron chi connectivity index (χ1n) is 11.8. The van der Waals surface area contributed by atoms with E-state index in [0.29, 0.717) is 12.2 Å². The van der Waals surface area contributed by atoms with Gasteiger partial charge in [0.1, 0.15) is 22.7 Å². The van der Waals surface area contributed by atoms with Gasteiger partial charge < -0.3 is 10.1 Å². The van der Waals surface area contributed by atoms with Gasteiger partial charge >= 0.3 is 0 Å². The molecule has 0 unspecified atom stereocenters. The van der Waals surface area contributed by atoms with Crippen LogP contribution in [-0.4, -0.2) is 34.2 Å². The van der Waals surface area contributed by atoms with Gasteiger partial charge in [-0.2, -0.15) is 5.10 Å². The third kappa shape index (κ3) is 4.07. The number of methoxy groups -OCH3 is 1. The van der Waals surface area contributed by atoms with Crippen molar-refractivity contribution in [1.82, 2.24) is 15.1 Å². The Labute approximate surface area is 214 Å². The van der Waals surface area contributed by atoms with Crippen molar-refractivity contribution in [3.63, 3.8) is 0 Å². The molecule has 8 heteroatoms. The molecule has 0 saturated carbocycles. The fourth-order valence-corrected chi connectivity index (χ4v) is 5.28. The second kappa shape index (κ2) is 9.28. The number of anilines is 1. The van der Waals surface area contributed by atoms with Gasteiger partial charge in [0.25, 0.3) is 5.91 Å². The number of hydrogen-bond donors (Lipinski definition) is 1. The van der Waals surface area contributed by atoms with E-state index >= 15 is 0 Å². The summed E-state index contributed by atoms with van der Waals surface area (Å²) < 4.78 is 6.90. The van der Waals surface area contributed by atoms with Gasteiger partial charge in [0.15, 0.2) is 0 Å². The Kier molecular flexibility index (Phi) is 6.14. The molecule has 0 spiro atoms. The maximum absolute atomic E-state index is 14.0. The number of carbonyl (C=O) groups is 2. The SMILES string of the molecule is COc1ccc(CNC(=O)[C@@]2(C)Cn3nc(-c4cccs4)cc3C(=O)N2c2cccc(C)c2C)cc1. The molecule has 1 aliphatic heterocycles. The predicted octanol–water partition coefficient (Wildman–Crippen LogP) is 4.97. The van der Waals surface area contributed by atoms with Crippen molar-refractivity contribution in [2.45, 2.75) is 39.4 Å². The summed E-state index contributed by atoms with van der Waals surface area (Å²) in [7, 11) is 1.62. The van der Waals surface area contributed by atoms with Crippen LogP contribution in [0.5, 0.6) is 5.75 Å². The molecule has 0 fully saturated rings. The molecule has 7 nitrogen and oxygen atoms in total. The van der Waals surface area contributed by atoms with E-state index < -0.39 is 5.54 Å². The number of ether oxygens (including phenoxy) is 1. The topological polar surface area (TPSA) is 76.5 Å². The smallest absolute Gasteiger partial charge is 0.277 e. The van der Waals surface area contributed by atoms with E-state index in [9.17, 15) is 9.59 Å². The van der Waals surface area contributed by atoms with E-state index in [1.807, 2.05) is 86.8 Å². The van der Waals surface area contributed by atoms with Gasteiger partial charge in [0, 0.05) is 12.2 Å². The van der Waals surface area contributed by atoms with E-state index in [-0.39, 0.29) is 18.4 Å². The highest BCUT2D eigenvalue weighted by Gasteiger charge is 2.49. The second-order valence-electron chi connectivity index (χ2n) is 9.21. The monoisotopic (exact) mass is 500 g/mol. The molecule has 0 radical (unpaired) electrons. The summed E-state index contributed by atoms with van der Waals surface area (Å²) in [6.07, 6.45) is 0. The lowest BCUT2D eigenvalue weighted by atomic mass is 9.92. The first-order chi connectivity index (χ1) is 17.3. The molecule has 0 aliphatic carbocycles. The van der Waals surface area contributed by atoms with Crippen LogP contribution in [0.1, 0.15) is 34.1 Å². The van der Waals surface area contributed by atoms with Crippen LogP contribution in [0, 0.1) is 13.8 Å². The average Bonchev–Trinajstić information content (AvgIpc) is 3.55. The molecule has 36 heavy (non-hydrogen) atoms. The van der Waals surface area contributed by atoms with Gasteiger partial charge in [-0.1, -0.05) is 30.3 Å². The number of hydrogen-bond acceptors (Lipinski definition) is 5. The normalized spacial score (nSPS) is 17.1. The van der Waals surface area contributed by atoms with E-state index in [4.69, 9.17) is 9.84 Å². The molecular weight excluding hydrogens is 472 g/mol. The van der Waals surface area contributed by atoms with Crippen LogP contribution >= 0.6 is 11.3 Å². The quantitative estimate of drug-likeness (QED) is 0.405. The number of aryl methyl sites for hydroxylation is 1. The summed E-state index contributed by atoms with van der Waals surface area (Å²) >= 11 is 1.57. The lowest BCUT2D eigenvalue weighted by Crippen LogP contribution is -2.64. The van der Waals surface area contributed by atoms with Gasteiger partial charge in [-0.25, -0.2) is 0 Å². The molecule has 4 aromatic rings. The average molecular weight is 501 g/mol. The molecule has 3 heterocycles. The molecule has 0 saturated heterocycles. The Bertz CT molecular complexity index is 1430. The maximum atomic E-state index is 14.0. The number of thiophene rings is 1. The lowest BCUT2D eigenvalue weighted by molar-refractivity contribution is -0.126. The van der Waals surface area contributed by atoms with Crippen molar-refractivity contribution >= 4 is 28.8 Å². The molecule has 1 aliphatic rings. The molecule has 184 valence electrons. The largest absolute Gasteiger partial charge is 0.497 e. The first kappa shape index (κ1) is 23.8. The van der Waals surface area contributed by atoms with Crippen LogP contribution in [0.2, 0.25) is 0 Å². The standard InChI is InChI=1S/C28H28N4O3S/c1-18-7-5-8-23(19(18)2)32-26(33)24-15-22(25-9-6-14-36-25)30-31(24)17-28(32,3)27(34)29-16-20-10-12-21(35-4)13-11-20/h5-15H,16-17H2,1-4H3,(H,29,34)/t28-/m1/s1. The molecule has 1 N–H and O–H groups in total. The predicted molar refractivity (Wildman–Crippen MR) is 142 cm³/mol. The molecule has 2 aromatic heterocycles. The first-order valence-corrected chi connectivity index (χ1v) is 12.6. The van der Waals surface area contributed by atoms with Crippen molar-refractivity contribution in [3.05, 3.63) is 88.4 Å². The van der Waals surface area contributed by atoms with E-state index in [2.05, 4.69) is 5.32 Å². The minimum Gasteiger partial charge on any atom is -0.497 e. The lowest BCUT2D eigenvalue weighted by Gasteiger charge is -2.43. The Morgan fingerprint density at radius 3 is 2.61 bits per heavy atom. The Morgan fingerprint density at radius 2 is 1.92 bits per heavy atom. The Hall–Kier alpha value is -3.91. The highest BCUT2D eigenvalue weighted by Crippen LogP contribution is 2.37. The highest BCUT2D eigenvalue weighted by atomic mass is 32.1. The van der Waals surface area contributed by atoms with E-state index in [1.165, 1.54) is 0 Å². The van der Waals surface area contributed by atoms with Crippen molar-refractivity contribution < 1.29 is 14.3 Å². The van der Waals surface area contributed by atoms with Gasteiger partial charge in [0.05, 0.1) is 18.5 Å². The molecule has 1 atom stereocenters. The third-order valence-corrected chi connectivity index (χ3v) is 7.74. The number of fused-ring (bicyclic) bond motifs is 1. The number of carbonyl (C=O) groups excluding carboxylic acids is 2.